The van der Waals surface area contributed by atoms with Gasteiger partial charge >= 0.3 is 0 Å². The van der Waals surface area contributed by atoms with Gasteiger partial charge in [0.25, 0.3) is 0 Å². The van der Waals surface area contributed by atoms with E-state index in [2.05, 4.69) is 11.9 Å². The fourth-order valence-electron chi connectivity index (χ4n) is 3.94. The maximum absolute atomic E-state index is 13.5. The van der Waals surface area contributed by atoms with Crippen molar-refractivity contribution in [3.05, 3.63) is 30.1 Å². The summed E-state index contributed by atoms with van der Waals surface area (Å²) >= 11 is 0. The van der Waals surface area contributed by atoms with E-state index >= 15 is 0 Å². The molecule has 2 fully saturated rings. The highest BCUT2D eigenvalue weighted by molar-refractivity contribution is 5.49. The summed E-state index contributed by atoms with van der Waals surface area (Å²) in [5.41, 5.74) is 7.13. The van der Waals surface area contributed by atoms with Gasteiger partial charge < -0.3 is 10.6 Å². The van der Waals surface area contributed by atoms with Crippen LogP contribution >= 0.6 is 0 Å². The quantitative estimate of drug-likeness (QED) is 0.911. The maximum Gasteiger partial charge on any atom is 0.125 e. The minimum absolute atomic E-state index is 0.0132. The molecule has 2 nitrogen and oxygen atoms in total. The molecule has 20 heavy (non-hydrogen) atoms. The van der Waals surface area contributed by atoms with Gasteiger partial charge in [0, 0.05) is 19.3 Å². The first-order chi connectivity index (χ1) is 9.64. The van der Waals surface area contributed by atoms with Crippen molar-refractivity contribution in [3.8, 4) is 0 Å². The fraction of sp³-hybridized carbons (Fsp3) is 0.647. The second-order valence-electron chi connectivity index (χ2n) is 6.66. The number of hydrogen-bond donors (Lipinski definition) is 1. The van der Waals surface area contributed by atoms with Crippen molar-refractivity contribution in [2.45, 2.75) is 44.1 Å². The van der Waals surface area contributed by atoms with Crippen molar-refractivity contribution in [1.29, 1.82) is 0 Å². The van der Waals surface area contributed by atoms with Crippen LogP contribution in [0.25, 0.3) is 0 Å². The zero-order chi connectivity index (χ0) is 14.2. The SMILES string of the molecule is CN(c1cccc(F)c1)C1(CN)CCCC(C2CC2)C1. The molecule has 2 aliphatic rings. The van der Waals surface area contributed by atoms with Gasteiger partial charge in [-0.15, -0.1) is 0 Å². The van der Waals surface area contributed by atoms with Gasteiger partial charge in [0.2, 0.25) is 0 Å². The van der Waals surface area contributed by atoms with Gasteiger partial charge in [-0.05, 0) is 55.7 Å². The summed E-state index contributed by atoms with van der Waals surface area (Å²) in [6.45, 7) is 0.656. The molecule has 2 saturated carbocycles. The predicted octanol–water partition coefficient (Wildman–Crippen LogP) is 3.56. The molecule has 0 amide bonds. The van der Waals surface area contributed by atoms with Crippen LogP contribution in [0.3, 0.4) is 0 Å². The monoisotopic (exact) mass is 276 g/mol. The standard InChI is InChI=1S/C17H25FN2/c1-20(16-6-2-5-15(18)10-16)17(12-19)9-3-4-14(11-17)13-7-8-13/h2,5-6,10,13-14H,3-4,7-9,11-12,19H2,1H3. The molecule has 3 heteroatoms. The van der Waals surface area contributed by atoms with E-state index in [-0.39, 0.29) is 11.4 Å². The second-order valence-corrected chi connectivity index (χ2v) is 6.66. The smallest absolute Gasteiger partial charge is 0.125 e. The third-order valence-electron chi connectivity index (χ3n) is 5.43. The van der Waals surface area contributed by atoms with Crippen LogP contribution in [-0.4, -0.2) is 19.1 Å². The lowest BCUT2D eigenvalue weighted by atomic mass is 9.72. The Kier molecular flexibility index (Phi) is 3.72. The first-order valence-electron chi connectivity index (χ1n) is 7.84. The second kappa shape index (κ2) is 5.36. The highest BCUT2D eigenvalue weighted by atomic mass is 19.1. The molecule has 2 N–H and O–H groups in total. The molecule has 0 aliphatic heterocycles. The molecular formula is C17H25FN2. The highest BCUT2D eigenvalue weighted by Gasteiger charge is 2.43. The molecule has 0 saturated heterocycles. The highest BCUT2D eigenvalue weighted by Crippen LogP contribution is 2.48. The third-order valence-corrected chi connectivity index (χ3v) is 5.43. The molecule has 3 rings (SSSR count). The number of halogens is 1. The Labute approximate surface area is 121 Å². The lowest BCUT2D eigenvalue weighted by Gasteiger charge is -2.48. The minimum atomic E-state index is -0.170. The molecular weight excluding hydrogens is 251 g/mol. The van der Waals surface area contributed by atoms with Crippen LogP contribution in [0.4, 0.5) is 10.1 Å². The molecule has 1 aromatic rings. The van der Waals surface area contributed by atoms with E-state index < -0.39 is 0 Å². The Morgan fingerprint density at radius 1 is 1.30 bits per heavy atom. The van der Waals surface area contributed by atoms with E-state index in [1.807, 2.05) is 6.07 Å². The summed E-state index contributed by atoms with van der Waals surface area (Å²) in [5.74, 6) is 1.58. The van der Waals surface area contributed by atoms with Crippen molar-refractivity contribution in [2.24, 2.45) is 17.6 Å². The zero-order valence-electron chi connectivity index (χ0n) is 12.3. The number of hydrogen-bond acceptors (Lipinski definition) is 2. The van der Waals surface area contributed by atoms with Crippen molar-refractivity contribution in [2.75, 3.05) is 18.5 Å². The number of likely N-dealkylation sites (N-methyl/N-ethyl adjacent to an activating group) is 1. The van der Waals surface area contributed by atoms with Crippen LogP contribution in [0, 0.1) is 17.7 Å². The van der Waals surface area contributed by atoms with E-state index in [1.54, 1.807) is 12.1 Å². The summed E-state index contributed by atoms with van der Waals surface area (Å²) in [5, 5.41) is 0. The van der Waals surface area contributed by atoms with Gasteiger partial charge in [-0.25, -0.2) is 4.39 Å². The van der Waals surface area contributed by atoms with Gasteiger partial charge in [-0.3, -0.25) is 0 Å². The average Bonchev–Trinajstić information content (AvgIpc) is 3.31. The lowest BCUT2D eigenvalue weighted by molar-refractivity contribution is 0.204. The van der Waals surface area contributed by atoms with Crippen molar-refractivity contribution < 1.29 is 4.39 Å². The molecule has 2 aliphatic carbocycles. The van der Waals surface area contributed by atoms with Gasteiger partial charge in [0.05, 0.1) is 5.54 Å². The van der Waals surface area contributed by atoms with E-state index in [1.165, 1.54) is 38.2 Å². The van der Waals surface area contributed by atoms with Gasteiger partial charge in [0.1, 0.15) is 5.82 Å². The summed E-state index contributed by atoms with van der Waals surface area (Å²) < 4.78 is 13.5. The first-order valence-corrected chi connectivity index (χ1v) is 7.84. The van der Waals surface area contributed by atoms with Crippen molar-refractivity contribution >= 4 is 5.69 Å². The predicted molar refractivity (Wildman–Crippen MR) is 81.3 cm³/mol. The maximum atomic E-state index is 13.5. The number of rotatable bonds is 4. The first kappa shape index (κ1) is 13.9. The Balaban J connectivity index is 1.83. The topological polar surface area (TPSA) is 29.3 Å². The van der Waals surface area contributed by atoms with E-state index in [9.17, 15) is 4.39 Å². The Morgan fingerprint density at radius 2 is 2.10 bits per heavy atom. The molecule has 0 spiro atoms. The lowest BCUT2D eigenvalue weighted by Crippen LogP contribution is -2.55. The number of anilines is 1. The summed E-state index contributed by atoms with van der Waals surface area (Å²) in [6, 6.07) is 6.90. The normalized spacial score (nSPS) is 30.2. The van der Waals surface area contributed by atoms with Crippen molar-refractivity contribution in [1.82, 2.24) is 0 Å². The molecule has 0 bridgehead atoms. The van der Waals surface area contributed by atoms with E-state index in [0.29, 0.717) is 6.54 Å². The fourth-order valence-corrected chi connectivity index (χ4v) is 3.94. The Hall–Kier alpha value is -1.09. The molecule has 0 aromatic heterocycles. The van der Waals surface area contributed by atoms with E-state index in [0.717, 1.165) is 23.9 Å². The molecule has 0 radical (unpaired) electrons. The van der Waals surface area contributed by atoms with Gasteiger partial charge in [-0.1, -0.05) is 18.9 Å². The van der Waals surface area contributed by atoms with Gasteiger partial charge in [0.15, 0.2) is 0 Å². The summed E-state index contributed by atoms with van der Waals surface area (Å²) in [4.78, 5) is 2.24. The van der Waals surface area contributed by atoms with E-state index in [4.69, 9.17) is 5.73 Å². The van der Waals surface area contributed by atoms with Gasteiger partial charge in [-0.2, -0.15) is 0 Å². The molecule has 1 aromatic carbocycles. The third kappa shape index (κ3) is 2.56. The van der Waals surface area contributed by atoms with Crippen molar-refractivity contribution in [3.63, 3.8) is 0 Å². The van der Waals surface area contributed by atoms with Crippen LogP contribution < -0.4 is 10.6 Å². The Bertz CT molecular complexity index is 472. The largest absolute Gasteiger partial charge is 0.368 e. The Morgan fingerprint density at radius 3 is 2.75 bits per heavy atom. The van der Waals surface area contributed by atoms with Crippen LogP contribution in [0.15, 0.2) is 24.3 Å². The number of nitrogens with two attached hydrogens (primary N) is 1. The van der Waals surface area contributed by atoms with Crippen LogP contribution in [-0.2, 0) is 0 Å². The average molecular weight is 276 g/mol. The minimum Gasteiger partial charge on any atom is -0.368 e. The summed E-state index contributed by atoms with van der Waals surface area (Å²) in [7, 11) is 2.08. The van der Waals surface area contributed by atoms with Crippen LogP contribution in [0.2, 0.25) is 0 Å². The molecule has 2 unspecified atom stereocenters. The molecule has 2 atom stereocenters. The summed E-state index contributed by atoms with van der Waals surface area (Å²) in [6.07, 6.45) is 7.69. The number of nitrogens with zero attached hydrogens (tertiary/aromatic N) is 1. The van der Waals surface area contributed by atoms with Crippen LogP contribution in [0.1, 0.15) is 38.5 Å². The number of benzene rings is 1. The zero-order valence-corrected chi connectivity index (χ0v) is 12.3. The molecule has 110 valence electrons. The molecule has 0 heterocycles. The van der Waals surface area contributed by atoms with Crippen LogP contribution in [0.5, 0.6) is 0 Å².